The van der Waals surface area contributed by atoms with E-state index < -0.39 is 0 Å². The summed E-state index contributed by atoms with van der Waals surface area (Å²) in [6.07, 6.45) is 0.344. The van der Waals surface area contributed by atoms with E-state index in [1.165, 1.54) is 11.3 Å². The van der Waals surface area contributed by atoms with E-state index in [1.54, 1.807) is 11.0 Å². The minimum atomic E-state index is -0.305. The van der Waals surface area contributed by atoms with Gasteiger partial charge in [-0.25, -0.2) is 4.98 Å². The van der Waals surface area contributed by atoms with Gasteiger partial charge in [-0.2, -0.15) is 0 Å². The summed E-state index contributed by atoms with van der Waals surface area (Å²) in [5.74, 6) is -0.892. The molecular weight excluding hydrogens is 435 g/mol. The number of anilines is 1. The first kappa shape index (κ1) is 23.5. The number of benzene rings is 1. The molecule has 3 amide bonds. The van der Waals surface area contributed by atoms with Crippen molar-refractivity contribution in [1.82, 2.24) is 14.8 Å². The molecule has 3 rings (SSSR count). The highest BCUT2D eigenvalue weighted by molar-refractivity contribution is 7.22. The van der Waals surface area contributed by atoms with E-state index in [9.17, 15) is 14.4 Å². The lowest BCUT2D eigenvalue weighted by Gasteiger charge is -2.26. The molecule has 0 N–H and O–H groups in total. The number of halogens is 2. The molecule has 7 nitrogen and oxygen atoms in total. The van der Waals surface area contributed by atoms with Gasteiger partial charge in [0, 0.05) is 31.0 Å². The van der Waals surface area contributed by atoms with Crippen LogP contribution in [0.4, 0.5) is 5.13 Å². The molecule has 1 saturated heterocycles. The molecule has 0 saturated carbocycles. The summed E-state index contributed by atoms with van der Waals surface area (Å²) in [6.45, 7) is 6.75. The molecule has 29 heavy (non-hydrogen) atoms. The molecule has 1 aliphatic heterocycles. The van der Waals surface area contributed by atoms with Crippen molar-refractivity contribution in [3.63, 3.8) is 0 Å². The number of fused-ring (bicyclic) bond motifs is 1. The third-order valence-corrected chi connectivity index (χ3v) is 6.13. The van der Waals surface area contributed by atoms with Gasteiger partial charge in [-0.3, -0.25) is 24.2 Å². The smallest absolute Gasteiger partial charge is 0.248 e. The van der Waals surface area contributed by atoms with Crippen molar-refractivity contribution in [3.05, 3.63) is 23.2 Å². The van der Waals surface area contributed by atoms with Crippen LogP contribution in [0.1, 0.15) is 26.7 Å². The minimum Gasteiger partial charge on any atom is -0.302 e. The highest BCUT2D eigenvalue weighted by atomic mass is 35.5. The van der Waals surface area contributed by atoms with E-state index >= 15 is 0 Å². The zero-order valence-electron chi connectivity index (χ0n) is 16.4. The molecule has 1 aromatic heterocycles. The average molecular weight is 459 g/mol. The Morgan fingerprint density at radius 3 is 2.45 bits per heavy atom. The average Bonchev–Trinajstić information content (AvgIpc) is 3.22. The number of hydrogen-bond donors (Lipinski definition) is 0. The molecule has 1 aromatic carbocycles. The number of carbonyl (C=O) groups is 3. The summed E-state index contributed by atoms with van der Waals surface area (Å²) < 4.78 is 0.886. The van der Waals surface area contributed by atoms with E-state index in [1.807, 2.05) is 12.1 Å². The maximum Gasteiger partial charge on any atom is 0.248 e. The second kappa shape index (κ2) is 10.3. The molecule has 2 aromatic rings. The second-order valence-corrected chi connectivity index (χ2v) is 8.00. The highest BCUT2D eigenvalue weighted by Gasteiger charge is 2.32. The number of carbonyl (C=O) groups excluding carboxylic acids is 3. The van der Waals surface area contributed by atoms with Gasteiger partial charge in [-0.15, -0.1) is 12.4 Å². The maximum absolute atomic E-state index is 13.0. The number of hydrogen-bond acceptors (Lipinski definition) is 6. The number of imide groups is 1. The fourth-order valence-electron chi connectivity index (χ4n) is 3.13. The number of amides is 3. The Morgan fingerprint density at radius 1 is 1.17 bits per heavy atom. The zero-order valence-corrected chi connectivity index (χ0v) is 18.8. The Kier molecular flexibility index (Phi) is 8.39. The van der Waals surface area contributed by atoms with Gasteiger partial charge in [0.2, 0.25) is 17.7 Å². The standard InChI is InChI=1S/C19H23ClN4O3S.ClH/c1-3-22(4-2)9-10-23(18(27)12-24-16(25)7-8-17(24)26)19-21-14-6-5-13(20)11-15(14)28-19;/h5-6,11H,3-4,7-10,12H2,1-2H3;1H. The van der Waals surface area contributed by atoms with Crippen molar-refractivity contribution in [1.29, 1.82) is 0 Å². The normalized spacial score (nSPS) is 14.0. The summed E-state index contributed by atoms with van der Waals surface area (Å²) in [5.41, 5.74) is 0.762. The van der Waals surface area contributed by atoms with Gasteiger partial charge in [-0.1, -0.05) is 36.8 Å². The molecule has 158 valence electrons. The SMILES string of the molecule is CCN(CC)CCN(C(=O)CN1C(=O)CCC1=O)c1nc2ccc(Cl)cc2s1.Cl. The number of likely N-dealkylation sites (N-methyl/N-ethyl adjacent to an activating group) is 1. The van der Waals surface area contributed by atoms with Crippen molar-refractivity contribution >= 4 is 68.4 Å². The Balaban J connectivity index is 0.00000300. The van der Waals surface area contributed by atoms with Crippen LogP contribution in [0, 0.1) is 0 Å². The van der Waals surface area contributed by atoms with Crippen molar-refractivity contribution in [2.75, 3.05) is 37.6 Å². The Hall–Kier alpha value is -1.74. The fourth-order valence-corrected chi connectivity index (χ4v) is 4.41. The molecule has 1 aliphatic rings. The first-order valence-corrected chi connectivity index (χ1v) is 10.5. The van der Waals surface area contributed by atoms with Crippen LogP contribution >= 0.6 is 35.3 Å². The molecule has 10 heteroatoms. The van der Waals surface area contributed by atoms with Crippen LogP contribution in [0.15, 0.2) is 18.2 Å². The summed E-state index contributed by atoms with van der Waals surface area (Å²) in [7, 11) is 0. The van der Waals surface area contributed by atoms with Crippen molar-refractivity contribution < 1.29 is 14.4 Å². The van der Waals surface area contributed by atoms with E-state index in [2.05, 4.69) is 23.7 Å². The number of thiazole rings is 1. The van der Waals surface area contributed by atoms with Gasteiger partial charge in [-0.05, 0) is 31.3 Å². The fraction of sp³-hybridized carbons (Fsp3) is 0.474. The third-order valence-electron chi connectivity index (χ3n) is 4.85. The largest absolute Gasteiger partial charge is 0.302 e. The second-order valence-electron chi connectivity index (χ2n) is 6.55. The van der Waals surface area contributed by atoms with Crippen molar-refractivity contribution in [2.24, 2.45) is 0 Å². The maximum atomic E-state index is 13.0. The molecule has 0 aliphatic carbocycles. The van der Waals surface area contributed by atoms with Gasteiger partial charge >= 0.3 is 0 Å². The third kappa shape index (κ3) is 5.45. The van der Waals surface area contributed by atoms with Crippen LogP contribution in [0.2, 0.25) is 5.02 Å². The van der Waals surface area contributed by atoms with Gasteiger partial charge in [0.05, 0.1) is 10.2 Å². The number of nitrogens with zero attached hydrogens (tertiary/aromatic N) is 4. The minimum absolute atomic E-state index is 0. The van der Waals surface area contributed by atoms with Crippen LogP contribution in [-0.4, -0.2) is 65.2 Å². The number of rotatable bonds is 8. The van der Waals surface area contributed by atoms with Gasteiger partial charge in [0.25, 0.3) is 0 Å². The van der Waals surface area contributed by atoms with Crippen molar-refractivity contribution in [2.45, 2.75) is 26.7 Å². The quantitative estimate of drug-likeness (QED) is 0.567. The number of aromatic nitrogens is 1. The van der Waals surface area contributed by atoms with E-state index in [4.69, 9.17) is 11.6 Å². The Morgan fingerprint density at radius 2 is 1.83 bits per heavy atom. The topological polar surface area (TPSA) is 73.8 Å². The Bertz CT molecular complexity index is 885. The monoisotopic (exact) mass is 458 g/mol. The molecule has 0 atom stereocenters. The molecular formula is C19H24Cl2N4O3S. The van der Waals surface area contributed by atoms with Gasteiger partial charge < -0.3 is 4.90 Å². The molecule has 1 fully saturated rings. The lowest BCUT2D eigenvalue weighted by molar-refractivity contribution is -0.141. The summed E-state index contributed by atoms with van der Waals surface area (Å²) in [5, 5.41) is 1.16. The van der Waals surface area contributed by atoms with Gasteiger partial charge in [0.1, 0.15) is 6.54 Å². The predicted octanol–water partition coefficient (Wildman–Crippen LogP) is 3.20. The molecule has 2 heterocycles. The lowest BCUT2D eigenvalue weighted by Crippen LogP contribution is -2.45. The summed E-state index contributed by atoms with van der Waals surface area (Å²) >= 11 is 7.44. The van der Waals surface area contributed by atoms with E-state index in [0.717, 1.165) is 28.2 Å². The van der Waals surface area contributed by atoms with Gasteiger partial charge in [0.15, 0.2) is 5.13 Å². The summed E-state index contributed by atoms with van der Waals surface area (Å²) in [6, 6.07) is 5.40. The van der Waals surface area contributed by atoms with E-state index in [0.29, 0.717) is 23.2 Å². The molecule has 0 radical (unpaired) electrons. The van der Waals surface area contributed by atoms with Crippen LogP contribution in [0.3, 0.4) is 0 Å². The van der Waals surface area contributed by atoms with Crippen LogP contribution in [0.25, 0.3) is 10.2 Å². The van der Waals surface area contributed by atoms with Crippen LogP contribution in [-0.2, 0) is 14.4 Å². The Labute approximate surface area is 185 Å². The number of likely N-dealkylation sites (tertiary alicyclic amines) is 1. The van der Waals surface area contributed by atoms with Crippen molar-refractivity contribution in [3.8, 4) is 0 Å². The van der Waals surface area contributed by atoms with Crippen LogP contribution < -0.4 is 4.90 Å². The summed E-state index contributed by atoms with van der Waals surface area (Å²) in [4.78, 5) is 46.3. The van der Waals surface area contributed by atoms with Crippen LogP contribution in [0.5, 0.6) is 0 Å². The molecule has 0 bridgehead atoms. The lowest BCUT2D eigenvalue weighted by atomic mass is 10.3. The first-order chi connectivity index (χ1) is 13.4. The predicted molar refractivity (Wildman–Crippen MR) is 118 cm³/mol. The molecule has 0 spiro atoms. The zero-order chi connectivity index (χ0) is 20.3. The molecule has 0 unspecified atom stereocenters. The van der Waals surface area contributed by atoms with E-state index in [-0.39, 0.29) is 49.5 Å². The first-order valence-electron chi connectivity index (χ1n) is 9.35. The highest BCUT2D eigenvalue weighted by Crippen LogP contribution is 2.31.